The van der Waals surface area contributed by atoms with E-state index in [0.29, 0.717) is 19.8 Å². The van der Waals surface area contributed by atoms with Gasteiger partial charge in [-0.1, -0.05) is 6.07 Å². The van der Waals surface area contributed by atoms with Crippen LogP contribution < -0.4 is 14.8 Å². The van der Waals surface area contributed by atoms with Crippen LogP contribution in [0, 0.1) is 0 Å². The highest BCUT2D eigenvalue weighted by atomic mass is 16.5. The second-order valence-corrected chi connectivity index (χ2v) is 5.44. The molecule has 0 fully saturated rings. The molecule has 4 rings (SSSR count). The molecule has 0 radical (unpaired) electrons. The van der Waals surface area contributed by atoms with Crippen molar-refractivity contribution in [1.82, 2.24) is 19.5 Å². The summed E-state index contributed by atoms with van der Waals surface area (Å²) in [6.45, 7) is 2.01. The molecule has 23 heavy (non-hydrogen) atoms. The number of aromatic nitrogens is 4. The molecule has 0 saturated carbocycles. The minimum absolute atomic E-state index is 0.624. The van der Waals surface area contributed by atoms with Gasteiger partial charge in [-0.2, -0.15) is 0 Å². The number of aryl methyl sites for hydroxylation is 1. The van der Waals surface area contributed by atoms with Crippen LogP contribution in [0.2, 0.25) is 0 Å². The number of nitrogens with one attached hydrogen (secondary N) is 1. The van der Waals surface area contributed by atoms with Crippen LogP contribution in [0.15, 0.2) is 30.9 Å². The fraction of sp³-hybridized carbons (Fsp3) is 0.312. The summed E-state index contributed by atoms with van der Waals surface area (Å²) in [5, 5.41) is 3.32. The van der Waals surface area contributed by atoms with Gasteiger partial charge in [0.1, 0.15) is 11.8 Å². The second kappa shape index (κ2) is 5.75. The van der Waals surface area contributed by atoms with Crippen LogP contribution in [0.3, 0.4) is 0 Å². The van der Waals surface area contributed by atoms with Gasteiger partial charge < -0.3 is 19.4 Å². The zero-order valence-corrected chi connectivity index (χ0v) is 12.8. The van der Waals surface area contributed by atoms with E-state index in [-0.39, 0.29) is 0 Å². The fourth-order valence-corrected chi connectivity index (χ4v) is 2.58. The molecular weight excluding hydrogens is 294 g/mol. The molecule has 0 unspecified atom stereocenters. The second-order valence-electron chi connectivity index (χ2n) is 5.44. The third kappa shape index (κ3) is 2.65. The van der Waals surface area contributed by atoms with Gasteiger partial charge in [0.2, 0.25) is 0 Å². The van der Waals surface area contributed by atoms with Crippen LogP contribution in [0.5, 0.6) is 11.5 Å². The summed E-state index contributed by atoms with van der Waals surface area (Å²) < 4.78 is 13.2. The highest BCUT2D eigenvalue weighted by Crippen LogP contribution is 2.30. The Labute approximate surface area is 133 Å². The van der Waals surface area contributed by atoms with Crippen molar-refractivity contribution in [2.24, 2.45) is 7.05 Å². The topological polar surface area (TPSA) is 74.1 Å². The number of ether oxygens (including phenoxy) is 2. The summed E-state index contributed by atoms with van der Waals surface area (Å²) in [7, 11) is 1.91. The zero-order chi connectivity index (χ0) is 15.6. The molecule has 118 valence electrons. The highest BCUT2D eigenvalue weighted by molar-refractivity contribution is 5.82. The summed E-state index contributed by atoms with van der Waals surface area (Å²) in [5.41, 5.74) is 2.67. The third-order valence-corrected chi connectivity index (χ3v) is 3.77. The van der Waals surface area contributed by atoms with Gasteiger partial charge in [-0.3, -0.25) is 0 Å². The molecule has 0 atom stereocenters. The fourth-order valence-electron chi connectivity index (χ4n) is 2.58. The lowest BCUT2D eigenvalue weighted by molar-refractivity contribution is 0.297. The SMILES string of the molecule is Cn1cnc2c(NCc3ccc4c(c3)OCCCO4)ncnc21. The van der Waals surface area contributed by atoms with Gasteiger partial charge in [0, 0.05) is 20.0 Å². The summed E-state index contributed by atoms with van der Waals surface area (Å²) in [6.07, 6.45) is 4.18. The highest BCUT2D eigenvalue weighted by Gasteiger charge is 2.12. The summed E-state index contributed by atoms with van der Waals surface area (Å²) >= 11 is 0. The van der Waals surface area contributed by atoms with Crippen molar-refractivity contribution in [3.05, 3.63) is 36.4 Å². The predicted octanol–water partition coefficient (Wildman–Crippen LogP) is 2.14. The van der Waals surface area contributed by atoms with E-state index in [0.717, 1.165) is 40.5 Å². The summed E-state index contributed by atoms with van der Waals surface area (Å²) in [6, 6.07) is 5.98. The van der Waals surface area contributed by atoms with Gasteiger partial charge in [-0.15, -0.1) is 0 Å². The van der Waals surface area contributed by atoms with E-state index in [9.17, 15) is 0 Å². The number of rotatable bonds is 3. The van der Waals surface area contributed by atoms with Gasteiger partial charge in [0.05, 0.1) is 19.5 Å². The average molecular weight is 311 g/mol. The predicted molar refractivity (Wildman–Crippen MR) is 85.7 cm³/mol. The summed E-state index contributed by atoms with van der Waals surface area (Å²) in [4.78, 5) is 12.9. The molecular formula is C16H17N5O2. The molecule has 7 heteroatoms. The standard InChI is InChI=1S/C16H17N5O2/c1-21-10-20-14-15(18-9-19-16(14)21)17-8-11-3-4-12-13(7-11)23-6-2-5-22-12/h3-4,7,9-10H,2,5-6,8H2,1H3,(H,17,18,19). The van der Waals surface area contributed by atoms with Crippen LogP contribution in [0.4, 0.5) is 5.82 Å². The molecule has 1 aliphatic heterocycles. The van der Waals surface area contributed by atoms with E-state index in [1.54, 1.807) is 12.7 Å². The average Bonchev–Trinajstić information content (AvgIpc) is 2.82. The molecule has 3 heterocycles. The molecule has 1 N–H and O–H groups in total. The maximum absolute atomic E-state index is 5.72. The summed E-state index contributed by atoms with van der Waals surface area (Å²) in [5.74, 6) is 2.33. The van der Waals surface area contributed by atoms with Crippen molar-refractivity contribution in [1.29, 1.82) is 0 Å². The number of nitrogens with zero attached hydrogens (tertiary/aromatic N) is 4. The maximum atomic E-state index is 5.72. The number of anilines is 1. The van der Waals surface area contributed by atoms with E-state index in [2.05, 4.69) is 20.3 Å². The van der Waals surface area contributed by atoms with E-state index >= 15 is 0 Å². The van der Waals surface area contributed by atoms with E-state index < -0.39 is 0 Å². The molecule has 0 amide bonds. The Bertz CT molecular complexity index is 846. The first-order valence-electron chi connectivity index (χ1n) is 7.56. The third-order valence-electron chi connectivity index (χ3n) is 3.77. The van der Waals surface area contributed by atoms with Crippen LogP contribution in [0.25, 0.3) is 11.2 Å². The van der Waals surface area contributed by atoms with Crippen molar-refractivity contribution < 1.29 is 9.47 Å². The normalized spacial score (nSPS) is 13.8. The van der Waals surface area contributed by atoms with Gasteiger partial charge in [-0.25, -0.2) is 15.0 Å². The van der Waals surface area contributed by atoms with E-state index in [4.69, 9.17) is 9.47 Å². The van der Waals surface area contributed by atoms with Crippen LogP contribution in [-0.4, -0.2) is 32.7 Å². The number of imidazole rings is 1. The van der Waals surface area contributed by atoms with E-state index in [1.807, 2.05) is 29.8 Å². The largest absolute Gasteiger partial charge is 0.490 e. The molecule has 3 aromatic rings. The van der Waals surface area contributed by atoms with Crippen LogP contribution in [-0.2, 0) is 13.6 Å². The first kappa shape index (κ1) is 13.8. The smallest absolute Gasteiger partial charge is 0.165 e. The first-order chi connectivity index (χ1) is 11.3. The van der Waals surface area contributed by atoms with Crippen molar-refractivity contribution >= 4 is 17.0 Å². The van der Waals surface area contributed by atoms with Gasteiger partial charge in [0.25, 0.3) is 0 Å². The van der Waals surface area contributed by atoms with Crippen molar-refractivity contribution in [2.75, 3.05) is 18.5 Å². The minimum Gasteiger partial charge on any atom is -0.490 e. The minimum atomic E-state index is 0.624. The van der Waals surface area contributed by atoms with Crippen molar-refractivity contribution in [3.63, 3.8) is 0 Å². The molecule has 1 aromatic carbocycles. The van der Waals surface area contributed by atoms with Crippen molar-refractivity contribution in [2.45, 2.75) is 13.0 Å². The lowest BCUT2D eigenvalue weighted by Gasteiger charge is -2.10. The Balaban J connectivity index is 1.55. The monoisotopic (exact) mass is 311 g/mol. The molecule has 0 spiro atoms. The molecule has 1 aliphatic rings. The number of benzene rings is 1. The van der Waals surface area contributed by atoms with Crippen molar-refractivity contribution in [3.8, 4) is 11.5 Å². The zero-order valence-electron chi connectivity index (χ0n) is 12.8. The quantitative estimate of drug-likeness (QED) is 0.799. The maximum Gasteiger partial charge on any atom is 0.165 e. The van der Waals surface area contributed by atoms with E-state index in [1.165, 1.54) is 0 Å². The Morgan fingerprint density at radius 3 is 2.91 bits per heavy atom. The molecule has 2 aromatic heterocycles. The first-order valence-corrected chi connectivity index (χ1v) is 7.56. The molecule has 0 aliphatic carbocycles. The molecule has 7 nitrogen and oxygen atoms in total. The number of fused-ring (bicyclic) bond motifs is 2. The Kier molecular flexibility index (Phi) is 3.45. The Hall–Kier alpha value is -2.83. The number of hydrogen-bond donors (Lipinski definition) is 1. The Morgan fingerprint density at radius 2 is 2.00 bits per heavy atom. The lowest BCUT2D eigenvalue weighted by atomic mass is 10.2. The van der Waals surface area contributed by atoms with Gasteiger partial charge in [-0.05, 0) is 17.7 Å². The molecule has 0 bridgehead atoms. The lowest BCUT2D eigenvalue weighted by Crippen LogP contribution is -2.03. The Morgan fingerprint density at radius 1 is 1.13 bits per heavy atom. The van der Waals surface area contributed by atoms with Gasteiger partial charge in [0.15, 0.2) is 23.0 Å². The van der Waals surface area contributed by atoms with Gasteiger partial charge >= 0.3 is 0 Å². The van der Waals surface area contributed by atoms with Crippen LogP contribution in [0.1, 0.15) is 12.0 Å². The number of hydrogen-bond acceptors (Lipinski definition) is 6. The molecule has 0 saturated heterocycles. The van der Waals surface area contributed by atoms with Crippen LogP contribution >= 0.6 is 0 Å².